The van der Waals surface area contributed by atoms with E-state index in [-0.39, 0.29) is 11.5 Å². The minimum absolute atomic E-state index is 0.176. The Morgan fingerprint density at radius 2 is 1.02 bits per heavy atom. The van der Waals surface area contributed by atoms with Crippen LogP contribution in [-0.4, -0.2) is 5.54 Å². The predicted octanol–water partition coefficient (Wildman–Crippen LogP) is 11.5. The second-order valence-corrected chi connectivity index (χ2v) is 12.0. The van der Waals surface area contributed by atoms with E-state index in [1.54, 1.807) is 0 Å². The summed E-state index contributed by atoms with van der Waals surface area (Å²) in [6.07, 6.45) is 7.18. The van der Waals surface area contributed by atoms with Gasteiger partial charge in [-0.05, 0) is 89.3 Å². The van der Waals surface area contributed by atoms with E-state index in [9.17, 15) is 0 Å². The number of nitrogens with zero attached hydrogens (tertiary/aromatic N) is 2. The van der Waals surface area contributed by atoms with Crippen molar-refractivity contribution in [3.63, 3.8) is 0 Å². The Balaban J connectivity index is 1.13. The number of hydrogen-bond donors (Lipinski definition) is 0. The van der Waals surface area contributed by atoms with Crippen LogP contribution < -0.4 is 9.80 Å². The van der Waals surface area contributed by atoms with Crippen molar-refractivity contribution in [2.45, 2.75) is 18.4 Å². The summed E-state index contributed by atoms with van der Waals surface area (Å²) in [6.45, 7) is 2.36. The van der Waals surface area contributed by atoms with Gasteiger partial charge in [0.15, 0.2) is 0 Å². The van der Waals surface area contributed by atoms with Gasteiger partial charge in [0.25, 0.3) is 0 Å². The van der Waals surface area contributed by atoms with E-state index in [0.29, 0.717) is 0 Å². The summed E-state index contributed by atoms with van der Waals surface area (Å²) in [5, 5.41) is 0. The fraction of sp³-hybridized carbons (Fsp3) is 0.0698. The quantitative estimate of drug-likeness (QED) is 0.194. The molecule has 8 rings (SSSR count). The van der Waals surface area contributed by atoms with Gasteiger partial charge in [-0.1, -0.05) is 127 Å². The molecule has 6 aromatic rings. The summed E-state index contributed by atoms with van der Waals surface area (Å²) in [4.78, 5) is 4.83. The molecule has 216 valence electrons. The largest absolute Gasteiger partial charge is 0.331 e. The van der Waals surface area contributed by atoms with Crippen LogP contribution in [0.1, 0.15) is 24.0 Å². The molecule has 1 aliphatic heterocycles. The van der Waals surface area contributed by atoms with Gasteiger partial charge in [0, 0.05) is 34.4 Å². The van der Waals surface area contributed by atoms with Crippen molar-refractivity contribution in [2.24, 2.45) is 0 Å². The van der Waals surface area contributed by atoms with Crippen LogP contribution in [0.25, 0.3) is 16.7 Å². The molecule has 1 aliphatic carbocycles. The van der Waals surface area contributed by atoms with Gasteiger partial charge in [-0.15, -0.1) is 0 Å². The maximum absolute atomic E-state index is 2.50. The molecule has 45 heavy (non-hydrogen) atoms. The van der Waals surface area contributed by atoms with Gasteiger partial charge < -0.3 is 9.80 Å². The monoisotopic (exact) mass is 578 g/mol. The van der Waals surface area contributed by atoms with Gasteiger partial charge in [-0.3, -0.25) is 0 Å². The van der Waals surface area contributed by atoms with E-state index >= 15 is 0 Å². The molecule has 0 amide bonds. The molecule has 1 heterocycles. The molecule has 2 unspecified atom stereocenters. The third-order valence-electron chi connectivity index (χ3n) is 9.29. The Hall–Kier alpha value is -5.60. The maximum atomic E-state index is 2.50. The first-order chi connectivity index (χ1) is 22.2. The Morgan fingerprint density at radius 3 is 1.69 bits per heavy atom. The van der Waals surface area contributed by atoms with Crippen LogP contribution in [0, 0.1) is 0 Å². The lowest BCUT2D eigenvalue weighted by molar-refractivity contribution is 0.544. The molecule has 0 saturated heterocycles. The third kappa shape index (κ3) is 4.76. The van der Waals surface area contributed by atoms with Gasteiger partial charge in [0.1, 0.15) is 0 Å². The molecule has 2 aliphatic rings. The molecule has 6 aromatic carbocycles. The minimum Gasteiger partial charge on any atom is -0.331 e. The molecule has 0 fully saturated rings. The van der Waals surface area contributed by atoms with Crippen LogP contribution in [0.4, 0.5) is 28.4 Å². The van der Waals surface area contributed by atoms with Crippen LogP contribution in [0.3, 0.4) is 0 Å². The van der Waals surface area contributed by atoms with Crippen molar-refractivity contribution in [2.75, 3.05) is 9.80 Å². The summed E-state index contributed by atoms with van der Waals surface area (Å²) < 4.78 is 0. The summed E-state index contributed by atoms with van der Waals surface area (Å²) >= 11 is 0. The first kappa shape index (κ1) is 27.0. The lowest BCUT2D eigenvalue weighted by atomic mass is 9.77. The lowest BCUT2D eigenvalue weighted by Crippen LogP contribution is -2.42. The van der Waals surface area contributed by atoms with E-state index in [1.807, 2.05) is 0 Å². The first-order valence-electron chi connectivity index (χ1n) is 15.7. The zero-order valence-electron chi connectivity index (χ0n) is 25.3. The second-order valence-electron chi connectivity index (χ2n) is 12.0. The summed E-state index contributed by atoms with van der Waals surface area (Å²) in [5.41, 5.74) is 12.0. The zero-order valence-corrected chi connectivity index (χ0v) is 25.3. The minimum atomic E-state index is -0.176. The summed E-state index contributed by atoms with van der Waals surface area (Å²) in [5.74, 6) is 0.248. The molecular formula is C43H34N2. The van der Waals surface area contributed by atoms with E-state index in [0.717, 1.165) is 17.1 Å². The molecule has 2 nitrogen and oxygen atoms in total. The standard InChI is InChI=1S/C43H34N2/c1-43-30-29-35(31-41(43)40-19-11-12-20-42(40)45(43)39-17-9-4-10-18-39)34-23-27-38(28-24-34)44(36-15-7-3-8-16-36)37-25-21-33(22-26-37)32-13-5-2-6-14-32/h2-31,41H,1H3. The van der Waals surface area contributed by atoms with Gasteiger partial charge >= 0.3 is 0 Å². The van der Waals surface area contributed by atoms with Crippen molar-refractivity contribution >= 4 is 34.0 Å². The van der Waals surface area contributed by atoms with Gasteiger partial charge in [0.2, 0.25) is 0 Å². The van der Waals surface area contributed by atoms with Crippen molar-refractivity contribution in [3.8, 4) is 11.1 Å². The molecule has 0 radical (unpaired) electrons. The smallest absolute Gasteiger partial charge is 0.0712 e. The van der Waals surface area contributed by atoms with Gasteiger partial charge in [0.05, 0.1) is 5.54 Å². The fourth-order valence-corrected chi connectivity index (χ4v) is 7.05. The number of para-hydroxylation sites is 3. The first-order valence-corrected chi connectivity index (χ1v) is 15.7. The van der Waals surface area contributed by atoms with Crippen molar-refractivity contribution in [1.29, 1.82) is 0 Å². The molecule has 0 bridgehead atoms. The highest BCUT2D eigenvalue weighted by molar-refractivity contribution is 5.85. The Bertz CT molecular complexity index is 1990. The lowest BCUT2D eigenvalue weighted by Gasteiger charge is -2.40. The molecule has 0 aromatic heterocycles. The Labute approximate surface area is 265 Å². The predicted molar refractivity (Wildman–Crippen MR) is 190 cm³/mol. The number of rotatable bonds is 6. The molecule has 2 atom stereocenters. The highest BCUT2D eigenvalue weighted by Gasteiger charge is 2.47. The number of hydrogen-bond acceptors (Lipinski definition) is 2. The van der Waals surface area contributed by atoms with Crippen LogP contribution in [0.15, 0.2) is 182 Å². The summed E-state index contributed by atoms with van der Waals surface area (Å²) in [7, 11) is 0. The summed E-state index contributed by atoms with van der Waals surface area (Å²) in [6, 6.07) is 58.6. The Kier molecular flexibility index (Phi) is 6.69. The van der Waals surface area contributed by atoms with Crippen LogP contribution in [0.5, 0.6) is 0 Å². The highest BCUT2D eigenvalue weighted by atomic mass is 15.2. The average Bonchev–Trinajstić information content (AvgIpc) is 3.38. The maximum Gasteiger partial charge on any atom is 0.0712 e. The van der Waals surface area contributed by atoms with E-state index < -0.39 is 0 Å². The number of benzene rings is 6. The van der Waals surface area contributed by atoms with Crippen LogP contribution in [-0.2, 0) is 0 Å². The van der Waals surface area contributed by atoms with Crippen LogP contribution in [0.2, 0.25) is 0 Å². The molecular weight excluding hydrogens is 544 g/mol. The molecule has 0 N–H and O–H groups in total. The van der Waals surface area contributed by atoms with E-state index in [4.69, 9.17) is 0 Å². The second kappa shape index (κ2) is 11.2. The third-order valence-corrected chi connectivity index (χ3v) is 9.29. The highest BCUT2D eigenvalue weighted by Crippen LogP contribution is 2.55. The van der Waals surface area contributed by atoms with E-state index in [2.05, 4.69) is 199 Å². The fourth-order valence-electron chi connectivity index (χ4n) is 7.05. The molecule has 2 heteroatoms. The topological polar surface area (TPSA) is 6.48 Å². The van der Waals surface area contributed by atoms with Gasteiger partial charge in [-0.2, -0.15) is 0 Å². The number of anilines is 5. The number of fused-ring (bicyclic) bond motifs is 3. The zero-order chi connectivity index (χ0) is 30.2. The van der Waals surface area contributed by atoms with Crippen molar-refractivity contribution in [1.82, 2.24) is 0 Å². The Morgan fingerprint density at radius 1 is 0.511 bits per heavy atom. The van der Waals surface area contributed by atoms with Crippen LogP contribution >= 0.6 is 0 Å². The molecule has 0 saturated carbocycles. The van der Waals surface area contributed by atoms with Crippen molar-refractivity contribution in [3.05, 3.63) is 193 Å². The average molecular weight is 579 g/mol. The van der Waals surface area contributed by atoms with Gasteiger partial charge in [-0.25, -0.2) is 0 Å². The van der Waals surface area contributed by atoms with Crippen molar-refractivity contribution < 1.29 is 0 Å². The number of allylic oxidation sites excluding steroid dienone is 2. The molecule has 0 spiro atoms. The normalized spacial score (nSPS) is 18.2. The SMILES string of the molecule is CC12C=CC(c3ccc(N(c4ccccc4)c4ccc(-c5ccccc5)cc4)cc3)=CC1c1ccccc1N2c1ccccc1. The van der Waals surface area contributed by atoms with E-state index in [1.165, 1.54) is 39.2 Å².